The zero-order valence-corrected chi connectivity index (χ0v) is 13.4. The maximum absolute atomic E-state index is 5.38. The summed E-state index contributed by atoms with van der Waals surface area (Å²) in [6, 6.07) is 0. The second-order valence-electron chi connectivity index (χ2n) is 6.71. The minimum Gasteiger partial charge on any atom is -0.379 e. The Kier molecular flexibility index (Phi) is 5.01. The molecule has 5 nitrogen and oxygen atoms in total. The molecule has 1 saturated heterocycles. The fourth-order valence-electron chi connectivity index (χ4n) is 3.29. The van der Waals surface area contributed by atoms with E-state index in [-0.39, 0.29) is 0 Å². The van der Waals surface area contributed by atoms with Crippen LogP contribution in [0.5, 0.6) is 0 Å². The summed E-state index contributed by atoms with van der Waals surface area (Å²) in [5.41, 5.74) is 0.590. The molecule has 0 atom stereocenters. The fourth-order valence-corrected chi connectivity index (χ4v) is 3.29. The van der Waals surface area contributed by atoms with Crippen molar-refractivity contribution in [2.45, 2.75) is 32.6 Å². The lowest BCUT2D eigenvalue weighted by Gasteiger charge is -2.26. The largest absolute Gasteiger partial charge is 0.379 e. The van der Waals surface area contributed by atoms with E-state index in [4.69, 9.17) is 9.73 Å². The predicted octanol–water partition coefficient (Wildman–Crippen LogP) is 1.06. The lowest BCUT2D eigenvalue weighted by Crippen LogP contribution is -2.44. The molecule has 0 spiro atoms. The number of ether oxygens (including phenoxy) is 1. The van der Waals surface area contributed by atoms with E-state index in [2.05, 4.69) is 22.5 Å². The summed E-state index contributed by atoms with van der Waals surface area (Å²) in [5.74, 6) is 1.98. The monoisotopic (exact) mass is 294 g/mol. The van der Waals surface area contributed by atoms with Gasteiger partial charge < -0.3 is 15.4 Å². The lowest BCUT2D eigenvalue weighted by atomic mass is 10.0. The third-order valence-corrected chi connectivity index (χ3v) is 5.06. The molecule has 1 heterocycles. The number of nitrogens with one attached hydrogen (secondary N) is 2. The molecule has 21 heavy (non-hydrogen) atoms. The van der Waals surface area contributed by atoms with E-state index in [0.29, 0.717) is 5.41 Å². The minimum absolute atomic E-state index is 0.590. The smallest absolute Gasteiger partial charge is 0.191 e. The Morgan fingerprint density at radius 1 is 1.24 bits per heavy atom. The molecule has 0 amide bonds. The molecule has 5 heteroatoms. The Hall–Kier alpha value is -0.810. The quantitative estimate of drug-likeness (QED) is 0.545. The van der Waals surface area contributed by atoms with Crippen molar-refractivity contribution in [1.82, 2.24) is 15.5 Å². The summed E-state index contributed by atoms with van der Waals surface area (Å²) < 4.78 is 5.38. The summed E-state index contributed by atoms with van der Waals surface area (Å²) in [6.07, 6.45) is 5.68. The molecule has 120 valence electrons. The number of hydrogen-bond donors (Lipinski definition) is 2. The van der Waals surface area contributed by atoms with E-state index in [0.717, 1.165) is 64.4 Å². The van der Waals surface area contributed by atoms with E-state index in [1.165, 1.54) is 25.7 Å². The van der Waals surface area contributed by atoms with Crippen molar-refractivity contribution in [1.29, 1.82) is 0 Å². The van der Waals surface area contributed by atoms with Crippen LogP contribution in [0.15, 0.2) is 4.99 Å². The van der Waals surface area contributed by atoms with E-state index in [1.54, 1.807) is 0 Å². The van der Waals surface area contributed by atoms with Gasteiger partial charge in [0, 0.05) is 39.3 Å². The maximum atomic E-state index is 5.38. The summed E-state index contributed by atoms with van der Waals surface area (Å²) in [5, 5.41) is 6.86. The van der Waals surface area contributed by atoms with E-state index < -0.39 is 0 Å². The number of aliphatic imine (C=N–C) groups is 1. The third kappa shape index (κ3) is 4.33. The third-order valence-electron chi connectivity index (χ3n) is 5.06. The summed E-state index contributed by atoms with van der Waals surface area (Å²) in [4.78, 5) is 7.29. The van der Waals surface area contributed by atoms with Crippen LogP contribution in [-0.2, 0) is 4.74 Å². The van der Waals surface area contributed by atoms with Gasteiger partial charge in [-0.1, -0.05) is 0 Å². The molecule has 2 aliphatic carbocycles. The highest BCUT2D eigenvalue weighted by Gasteiger charge is 2.53. The molecule has 3 aliphatic rings. The Morgan fingerprint density at radius 3 is 2.62 bits per heavy atom. The first-order chi connectivity index (χ1) is 10.3. The number of morpholine rings is 1. The van der Waals surface area contributed by atoms with Crippen LogP contribution in [0.1, 0.15) is 32.6 Å². The van der Waals surface area contributed by atoms with Gasteiger partial charge in [0.05, 0.1) is 13.2 Å². The highest BCUT2D eigenvalue weighted by Crippen LogP contribution is 2.61. The summed E-state index contributed by atoms with van der Waals surface area (Å²) in [7, 11) is 0. The van der Waals surface area contributed by atoms with Gasteiger partial charge in [0.1, 0.15) is 0 Å². The van der Waals surface area contributed by atoms with Gasteiger partial charge >= 0.3 is 0 Å². The van der Waals surface area contributed by atoms with Crippen molar-refractivity contribution in [2.75, 3.05) is 52.5 Å². The van der Waals surface area contributed by atoms with Gasteiger partial charge in [0.15, 0.2) is 5.96 Å². The second kappa shape index (κ2) is 6.97. The van der Waals surface area contributed by atoms with Gasteiger partial charge in [-0.05, 0) is 43.9 Å². The number of rotatable bonds is 7. The van der Waals surface area contributed by atoms with Crippen LogP contribution in [0.2, 0.25) is 0 Å². The molecule has 3 rings (SSSR count). The van der Waals surface area contributed by atoms with E-state index >= 15 is 0 Å². The Bertz CT molecular complexity index is 357. The molecule has 2 saturated carbocycles. The maximum Gasteiger partial charge on any atom is 0.191 e. The van der Waals surface area contributed by atoms with Crippen molar-refractivity contribution >= 4 is 5.96 Å². The fraction of sp³-hybridized carbons (Fsp3) is 0.938. The minimum atomic E-state index is 0.590. The summed E-state index contributed by atoms with van der Waals surface area (Å²) in [6.45, 7) is 9.97. The molecule has 0 aromatic carbocycles. The standard InChI is InChI=1S/C16H30N4O/c1-2-17-15(18-7-8-20-9-11-21-12-10-20)19-13-16(5-6-16)14-3-4-14/h14H,2-13H2,1H3,(H2,17,18,19). The Morgan fingerprint density at radius 2 is 2.00 bits per heavy atom. The van der Waals surface area contributed by atoms with Gasteiger partial charge in [0.2, 0.25) is 0 Å². The average Bonchev–Trinajstić information content (AvgIpc) is 3.39. The first kappa shape index (κ1) is 15.1. The SMILES string of the molecule is CCNC(=NCC1(C2CC2)CC1)NCCN1CCOCC1. The van der Waals surface area contributed by atoms with Crippen molar-refractivity contribution in [3.63, 3.8) is 0 Å². The zero-order valence-electron chi connectivity index (χ0n) is 13.4. The molecule has 3 fully saturated rings. The van der Waals surface area contributed by atoms with Gasteiger partial charge in [-0.25, -0.2) is 0 Å². The Balaban J connectivity index is 1.40. The van der Waals surface area contributed by atoms with Gasteiger partial charge in [0.25, 0.3) is 0 Å². The normalized spacial score (nSPS) is 25.7. The van der Waals surface area contributed by atoms with Crippen molar-refractivity contribution in [3.8, 4) is 0 Å². The highest BCUT2D eigenvalue weighted by atomic mass is 16.5. The first-order valence-electron chi connectivity index (χ1n) is 8.65. The Labute approximate surface area is 128 Å². The predicted molar refractivity (Wildman–Crippen MR) is 85.6 cm³/mol. The van der Waals surface area contributed by atoms with Crippen LogP contribution >= 0.6 is 0 Å². The molecule has 0 aromatic rings. The van der Waals surface area contributed by atoms with Crippen molar-refractivity contribution in [3.05, 3.63) is 0 Å². The molecule has 2 N–H and O–H groups in total. The highest BCUT2D eigenvalue weighted by molar-refractivity contribution is 5.79. The number of hydrogen-bond acceptors (Lipinski definition) is 3. The van der Waals surface area contributed by atoms with Crippen LogP contribution in [0.25, 0.3) is 0 Å². The number of guanidine groups is 1. The topological polar surface area (TPSA) is 48.9 Å². The van der Waals surface area contributed by atoms with Gasteiger partial charge in [-0.3, -0.25) is 9.89 Å². The van der Waals surface area contributed by atoms with E-state index in [1.807, 2.05) is 0 Å². The molecule has 0 bridgehead atoms. The molecular weight excluding hydrogens is 264 g/mol. The zero-order chi connectivity index (χ0) is 14.5. The van der Waals surface area contributed by atoms with Crippen LogP contribution in [-0.4, -0.2) is 63.3 Å². The molecule has 0 aromatic heterocycles. The van der Waals surface area contributed by atoms with Gasteiger partial charge in [-0.2, -0.15) is 0 Å². The van der Waals surface area contributed by atoms with Crippen molar-refractivity contribution in [2.24, 2.45) is 16.3 Å². The summed E-state index contributed by atoms with van der Waals surface area (Å²) >= 11 is 0. The van der Waals surface area contributed by atoms with Crippen LogP contribution in [0, 0.1) is 11.3 Å². The molecule has 0 unspecified atom stereocenters. The van der Waals surface area contributed by atoms with Crippen LogP contribution in [0.4, 0.5) is 0 Å². The average molecular weight is 294 g/mol. The van der Waals surface area contributed by atoms with Crippen LogP contribution < -0.4 is 10.6 Å². The number of nitrogens with zero attached hydrogens (tertiary/aromatic N) is 2. The molecular formula is C16H30N4O. The van der Waals surface area contributed by atoms with E-state index in [9.17, 15) is 0 Å². The molecule has 1 aliphatic heterocycles. The molecule has 0 radical (unpaired) electrons. The first-order valence-corrected chi connectivity index (χ1v) is 8.65. The van der Waals surface area contributed by atoms with Crippen LogP contribution in [0.3, 0.4) is 0 Å². The van der Waals surface area contributed by atoms with Crippen molar-refractivity contribution < 1.29 is 4.74 Å². The second-order valence-corrected chi connectivity index (χ2v) is 6.71. The van der Waals surface area contributed by atoms with Gasteiger partial charge in [-0.15, -0.1) is 0 Å². The lowest BCUT2D eigenvalue weighted by molar-refractivity contribution is 0.0389.